The molecular weight excluding hydrogens is 387 g/mol. The number of ether oxygens (including phenoxy) is 1. The summed E-state index contributed by atoms with van der Waals surface area (Å²) in [6, 6.07) is 6.31. The number of rotatable bonds is 6. The van der Waals surface area contributed by atoms with Crippen molar-refractivity contribution in [3.05, 3.63) is 53.6 Å². The van der Waals surface area contributed by atoms with Crippen molar-refractivity contribution in [3.63, 3.8) is 0 Å². The molecule has 4 N–H and O–H groups in total. The van der Waals surface area contributed by atoms with Crippen LogP contribution in [-0.2, 0) is 4.74 Å². The number of benzene rings is 1. The van der Waals surface area contributed by atoms with Gasteiger partial charge < -0.3 is 20.7 Å². The highest BCUT2D eigenvalue weighted by molar-refractivity contribution is 5.95. The van der Waals surface area contributed by atoms with E-state index in [1.807, 2.05) is 13.8 Å². The zero-order chi connectivity index (χ0) is 21.7. The summed E-state index contributed by atoms with van der Waals surface area (Å²) >= 11 is 0. The van der Waals surface area contributed by atoms with E-state index in [4.69, 9.17) is 16.0 Å². The van der Waals surface area contributed by atoms with E-state index < -0.39 is 5.82 Å². The van der Waals surface area contributed by atoms with Gasteiger partial charge in [0.2, 0.25) is 0 Å². The van der Waals surface area contributed by atoms with E-state index in [9.17, 15) is 9.18 Å². The number of amides is 1. The molecule has 30 heavy (non-hydrogen) atoms. The lowest BCUT2D eigenvalue weighted by Crippen LogP contribution is -2.41. The van der Waals surface area contributed by atoms with E-state index in [0.29, 0.717) is 48.7 Å². The van der Waals surface area contributed by atoms with Crippen molar-refractivity contribution in [3.8, 4) is 11.1 Å². The second kappa shape index (κ2) is 9.45. The van der Waals surface area contributed by atoms with Crippen LogP contribution in [0, 0.1) is 11.3 Å². The molecule has 1 saturated heterocycles. The first-order valence-electron chi connectivity index (χ1n) is 9.67. The van der Waals surface area contributed by atoms with Gasteiger partial charge >= 0.3 is 0 Å². The van der Waals surface area contributed by atoms with Crippen molar-refractivity contribution < 1.29 is 13.9 Å². The van der Waals surface area contributed by atoms with Gasteiger partial charge in [0.05, 0.1) is 18.8 Å². The summed E-state index contributed by atoms with van der Waals surface area (Å²) < 4.78 is 20.0. The molecule has 0 aliphatic carbocycles. The van der Waals surface area contributed by atoms with Crippen LogP contribution in [0.2, 0.25) is 0 Å². The maximum Gasteiger partial charge on any atom is 0.256 e. The van der Waals surface area contributed by atoms with Crippen LogP contribution in [0.25, 0.3) is 16.8 Å². The molecule has 0 spiro atoms. The number of morpholine rings is 1. The van der Waals surface area contributed by atoms with Gasteiger partial charge in [0.25, 0.3) is 5.91 Å². The number of anilines is 1. The number of carbonyl (C=O) groups is 1. The summed E-state index contributed by atoms with van der Waals surface area (Å²) in [4.78, 5) is 18.3. The molecular formula is C21H25FN6O2. The number of nitrogens with zero attached hydrogens (tertiary/aromatic N) is 3. The number of halogens is 1. The summed E-state index contributed by atoms with van der Waals surface area (Å²) in [6.07, 6.45) is 3.12. The second-order valence-corrected chi connectivity index (χ2v) is 7.22. The Bertz CT molecular complexity index is 970. The third-order valence-electron chi connectivity index (χ3n) is 4.70. The van der Waals surface area contributed by atoms with Crippen molar-refractivity contribution in [2.45, 2.75) is 19.9 Å². The Kier molecular flexibility index (Phi) is 6.73. The molecule has 0 atom stereocenters. The third kappa shape index (κ3) is 4.80. The number of carbonyl (C=O) groups excluding carboxylic acids is 1. The van der Waals surface area contributed by atoms with Gasteiger partial charge in [-0.15, -0.1) is 0 Å². The lowest BCUT2D eigenvalue weighted by Gasteiger charge is -2.27. The Hall–Kier alpha value is -3.33. The van der Waals surface area contributed by atoms with Gasteiger partial charge in [-0.3, -0.25) is 4.79 Å². The van der Waals surface area contributed by atoms with Gasteiger partial charge in [0, 0.05) is 42.7 Å². The van der Waals surface area contributed by atoms with Crippen LogP contribution in [0.3, 0.4) is 0 Å². The van der Waals surface area contributed by atoms with Crippen LogP contribution < -0.4 is 11.1 Å². The van der Waals surface area contributed by atoms with Crippen LogP contribution in [0.4, 0.5) is 10.2 Å². The summed E-state index contributed by atoms with van der Waals surface area (Å²) in [5.74, 6) is -0.743. The molecule has 8 nitrogen and oxygen atoms in total. The van der Waals surface area contributed by atoms with Gasteiger partial charge in [-0.1, -0.05) is 6.07 Å². The number of nitrogens with one attached hydrogen (secondary N) is 2. The van der Waals surface area contributed by atoms with E-state index in [0.717, 1.165) is 0 Å². The molecule has 1 aliphatic rings. The van der Waals surface area contributed by atoms with E-state index in [-0.39, 0.29) is 23.3 Å². The lowest BCUT2D eigenvalue weighted by atomic mass is 10.0. The van der Waals surface area contributed by atoms with Gasteiger partial charge in [0.1, 0.15) is 17.3 Å². The Morgan fingerprint density at radius 2 is 2.03 bits per heavy atom. The standard InChI is InChI=1S/C21H25FN6O2/c1-13(2)25-12-19(27-24)17-9-15(11-26-20(17)23)14-3-4-16(18(22)10-14)21(29)28-5-7-30-8-6-28/h3-4,9-13,24-25H,5-8H2,1-2H3,(H2,23,26)/b19-12-,27-24?. The second-order valence-electron chi connectivity index (χ2n) is 7.22. The molecule has 0 saturated carbocycles. The van der Waals surface area contributed by atoms with Crippen molar-refractivity contribution >= 4 is 17.4 Å². The van der Waals surface area contributed by atoms with Crippen LogP contribution in [-0.4, -0.2) is 48.1 Å². The number of pyridine rings is 1. The number of nitrogens with two attached hydrogens (primary N) is 1. The topological polar surface area (TPSA) is 117 Å². The average Bonchev–Trinajstić information content (AvgIpc) is 2.75. The zero-order valence-electron chi connectivity index (χ0n) is 17.0. The normalized spacial score (nSPS) is 14.7. The SMILES string of the molecule is CC(C)N/C=C(\N=N)c1cc(-c2ccc(C(=O)N3CCOCC3)c(F)c2)cnc1N. The van der Waals surface area contributed by atoms with Crippen molar-refractivity contribution in [2.24, 2.45) is 5.11 Å². The highest BCUT2D eigenvalue weighted by Gasteiger charge is 2.22. The molecule has 3 rings (SSSR count). The maximum atomic E-state index is 14.8. The van der Waals surface area contributed by atoms with Crippen LogP contribution in [0.5, 0.6) is 0 Å². The molecule has 1 aromatic carbocycles. The Labute approximate surface area is 174 Å². The maximum absolute atomic E-state index is 14.8. The summed E-state index contributed by atoms with van der Waals surface area (Å²) in [5, 5.41) is 6.60. The molecule has 9 heteroatoms. The largest absolute Gasteiger partial charge is 0.387 e. The lowest BCUT2D eigenvalue weighted by molar-refractivity contribution is 0.0300. The molecule has 0 unspecified atom stereocenters. The molecule has 0 bridgehead atoms. The first-order chi connectivity index (χ1) is 14.4. The predicted molar refractivity (Wildman–Crippen MR) is 112 cm³/mol. The van der Waals surface area contributed by atoms with Gasteiger partial charge in [0.15, 0.2) is 0 Å². The summed E-state index contributed by atoms with van der Waals surface area (Å²) in [7, 11) is 0. The van der Waals surface area contributed by atoms with Crippen molar-refractivity contribution in [1.82, 2.24) is 15.2 Å². The molecule has 158 valence electrons. The molecule has 2 aromatic rings. The average molecular weight is 412 g/mol. The number of hydrogen-bond acceptors (Lipinski definition) is 7. The quantitative estimate of drug-likeness (QED) is 0.630. The number of nitrogen functional groups attached to an aromatic ring is 1. The van der Waals surface area contributed by atoms with Crippen LogP contribution in [0.15, 0.2) is 41.8 Å². The Morgan fingerprint density at radius 3 is 2.67 bits per heavy atom. The number of hydrogen-bond donors (Lipinski definition) is 3. The minimum absolute atomic E-state index is 0.0205. The van der Waals surface area contributed by atoms with E-state index in [2.05, 4.69) is 15.4 Å². The monoisotopic (exact) mass is 412 g/mol. The highest BCUT2D eigenvalue weighted by Crippen LogP contribution is 2.28. The van der Waals surface area contributed by atoms with Crippen LogP contribution in [0.1, 0.15) is 29.8 Å². The fourth-order valence-electron chi connectivity index (χ4n) is 3.06. The van der Waals surface area contributed by atoms with E-state index >= 15 is 0 Å². The minimum Gasteiger partial charge on any atom is -0.387 e. The molecule has 1 aliphatic heterocycles. The van der Waals surface area contributed by atoms with Crippen molar-refractivity contribution in [1.29, 1.82) is 5.53 Å². The van der Waals surface area contributed by atoms with E-state index in [1.165, 1.54) is 18.3 Å². The van der Waals surface area contributed by atoms with Crippen molar-refractivity contribution in [2.75, 3.05) is 32.0 Å². The minimum atomic E-state index is -0.607. The predicted octanol–water partition coefficient (Wildman–Crippen LogP) is 3.27. The molecule has 2 heterocycles. The van der Waals surface area contributed by atoms with Gasteiger partial charge in [-0.2, -0.15) is 5.11 Å². The molecule has 1 fully saturated rings. The molecule has 1 aromatic heterocycles. The number of aromatic nitrogens is 1. The van der Waals surface area contributed by atoms with Gasteiger partial charge in [-0.05, 0) is 37.6 Å². The first kappa shape index (κ1) is 21.4. The van der Waals surface area contributed by atoms with E-state index in [1.54, 1.807) is 23.2 Å². The smallest absolute Gasteiger partial charge is 0.256 e. The third-order valence-corrected chi connectivity index (χ3v) is 4.70. The van der Waals surface area contributed by atoms with Crippen LogP contribution >= 0.6 is 0 Å². The Morgan fingerprint density at radius 1 is 1.30 bits per heavy atom. The Balaban J connectivity index is 1.90. The fourth-order valence-corrected chi connectivity index (χ4v) is 3.06. The summed E-state index contributed by atoms with van der Waals surface area (Å²) in [6.45, 7) is 5.71. The first-order valence-corrected chi connectivity index (χ1v) is 9.67. The molecule has 1 amide bonds. The van der Waals surface area contributed by atoms with Gasteiger partial charge in [-0.25, -0.2) is 14.9 Å². The zero-order valence-corrected chi connectivity index (χ0v) is 17.0. The fraction of sp³-hybridized carbons (Fsp3) is 0.333. The highest BCUT2D eigenvalue weighted by atomic mass is 19.1. The summed E-state index contributed by atoms with van der Waals surface area (Å²) in [5.41, 5.74) is 15.4. The molecule has 0 radical (unpaired) electrons.